The van der Waals surface area contributed by atoms with Gasteiger partial charge in [-0.3, -0.25) is 0 Å². The third-order valence-corrected chi connectivity index (χ3v) is 31.0. The van der Waals surface area contributed by atoms with Crippen LogP contribution in [0.1, 0.15) is 148 Å². The van der Waals surface area contributed by atoms with E-state index in [-0.39, 0.29) is 39.4 Å². The predicted octanol–water partition coefficient (Wildman–Crippen LogP) is 11.4. The van der Waals surface area contributed by atoms with Crippen LogP contribution in [0.25, 0.3) is 0 Å². The van der Waals surface area contributed by atoms with Crippen molar-refractivity contribution < 1.29 is 23.5 Å². The number of hydrogen-bond acceptors (Lipinski definition) is 5. The number of rotatable bonds is 20. The van der Waals surface area contributed by atoms with Gasteiger partial charge in [-0.2, -0.15) is 0 Å². The Morgan fingerprint density at radius 3 is 1.47 bits per heavy atom. The summed E-state index contributed by atoms with van der Waals surface area (Å²) in [5, 5.41) is -0.0110. The average molecular weight is 788 g/mol. The molecule has 2 amide bonds. The summed E-state index contributed by atoms with van der Waals surface area (Å²) in [6.07, 6.45) is 10.1. The molecule has 0 aromatic carbocycles. The number of amides is 2. The fraction of sp³-hybridized carbons (Fsp3) is 0.895. The predicted molar refractivity (Wildman–Crippen MR) is 205 cm³/mol. The van der Waals surface area contributed by atoms with Crippen LogP contribution in [0.3, 0.4) is 0 Å². The van der Waals surface area contributed by atoms with Crippen molar-refractivity contribution in [1.82, 2.24) is 9.80 Å². The molecule has 0 saturated carbocycles. The minimum absolute atomic E-state index is 0.00486. The van der Waals surface area contributed by atoms with E-state index in [1.54, 1.807) is 4.90 Å². The zero-order valence-corrected chi connectivity index (χ0v) is 37.5. The van der Waals surface area contributed by atoms with E-state index in [2.05, 4.69) is 94.4 Å². The molecule has 0 aromatic heterocycles. The van der Waals surface area contributed by atoms with Crippen LogP contribution in [0.5, 0.6) is 0 Å². The van der Waals surface area contributed by atoms with Gasteiger partial charge in [-0.25, -0.2) is 0 Å². The Labute approximate surface area is 297 Å². The van der Waals surface area contributed by atoms with Crippen LogP contribution in [0.2, 0.25) is 31.4 Å². The summed E-state index contributed by atoms with van der Waals surface area (Å²) in [6, 6.07) is 0.123. The van der Waals surface area contributed by atoms with E-state index in [1.807, 2.05) is 32.6 Å². The Morgan fingerprint density at radius 1 is 0.702 bits per heavy atom. The average Bonchev–Trinajstić information content (AvgIpc) is 2.93. The molecule has 0 bridgehead atoms. The number of nitrogens with zero attached hydrogens (tertiary/aromatic N) is 2. The summed E-state index contributed by atoms with van der Waals surface area (Å²) in [4.78, 5) is 30.5. The number of unbranched alkanes of at least 4 members (excludes halogenated alkanes) is 3. The summed E-state index contributed by atoms with van der Waals surface area (Å²) < 4.78 is 22.9. The van der Waals surface area contributed by atoms with Gasteiger partial charge >= 0.3 is 298 Å². The third-order valence-electron chi connectivity index (χ3n) is 9.95. The van der Waals surface area contributed by atoms with Gasteiger partial charge in [0.05, 0.1) is 0 Å². The number of hydrogen-bond donors (Lipinski definition) is 0. The van der Waals surface area contributed by atoms with Crippen LogP contribution in [0.15, 0.2) is 0 Å². The van der Waals surface area contributed by atoms with Gasteiger partial charge in [0, 0.05) is 0 Å². The van der Waals surface area contributed by atoms with Crippen molar-refractivity contribution in [3.63, 3.8) is 0 Å². The SMILES string of the molecule is CCC[CH2][Sn]([CH2]CCC)([CH2]CCC)[C@@H](CCC(C#COC(=O)N(C(C)C)C(C)C)O[Si](C)(C)C(C)(C)C)OC(=O)N(C(C)C)C(C)C. The first-order chi connectivity index (χ1) is 21.7. The molecule has 47 heavy (non-hydrogen) atoms. The molecule has 0 spiro atoms. The van der Waals surface area contributed by atoms with Gasteiger partial charge < -0.3 is 0 Å². The van der Waals surface area contributed by atoms with Crippen LogP contribution in [0, 0.1) is 12.0 Å². The molecule has 0 aliphatic carbocycles. The van der Waals surface area contributed by atoms with E-state index < -0.39 is 38.9 Å². The van der Waals surface area contributed by atoms with E-state index in [1.165, 1.54) is 32.6 Å². The molecule has 0 fully saturated rings. The quantitative estimate of drug-likeness (QED) is 0.0908. The van der Waals surface area contributed by atoms with Crippen molar-refractivity contribution in [1.29, 1.82) is 0 Å². The Hall–Kier alpha value is -0.924. The second kappa shape index (κ2) is 22.0. The van der Waals surface area contributed by atoms with E-state index in [0.29, 0.717) is 6.42 Å². The maximum atomic E-state index is 14.0. The summed E-state index contributed by atoms with van der Waals surface area (Å²) in [5.74, 6) is 3.23. The molecule has 0 N–H and O–H groups in total. The molecule has 2 atom stereocenters. The van der Waals surface area contributed by atoms with Crippen molar-refractivity contribution in [2.45, 2.75) is 214 Å². The number of carbonyl (C=O) groups excluding carboxylic acids is 2. The Bertz CT molecular complexity index is 930. The van der Waals surface area contributed by atoms with E-state index in [9.17, 15) is 9.59 Å². The first-order valence-electron chi connectivity index (χ1n) is 18.9. The van der Waals surface area contributed by atoms with E-state index >= 15 is 0 Å². The van der Waals surface area contributed by atoms with Crippen molar-refractivity contribution in [2.75, 3.05) is 0 Å². The molecule has 276 valence electrons. The molecule has 1 unspecified atom stereocenters. The standard InChI is InChI=1S/C26H49N2O5Si.3C4H9.Sn/c1-19(2)27(20(3)4)24(29)31-17-14-15-23(33-34(12,13)26(9,10)11)16-18-32-25(30)28(21(5)6)22(7)8;3*1-3-4-2;/h17,19-23H,14-15H2,1-13H3;3*1,3-4H2,2H3;. The monoisotopic (exact) mass is 788 g/mol. The first kappa shape index (κ1) is 46.1. The molecule has 7 nitrogen and oxygen atoms in total. The van der Waals surface area contributed by atoms with Crippen molar-refractivity contribution in [3.8, 4) is 12.0 Å². The van der Waals surface area contributed by atoms with Gasteiger partial charge in [0.2, 0.25) is 0 Å². The van der Waals surface area contributed by atoms with Crippen LogP contribution in [0.4, 0.5) is 9.59 Å². The van der Waals surface area contributed by atoms with E-state index in [4.69, 9.17) is 13.9 Å². The van der Waals surface area contributed by atoms with Gasteiger partial charge in [-0.05, 0) is 0 Å². The van der Waals surface area contributed by atoms with Gasteiger partial charge in [-0.15, -0.1) is 0 Å². The summed E-state index contributed by atoms with van der Waals surface area (Å²) in [5.41, 5.74) is 0. The molecule has 0 radical (unpaired) electrons. The molecule has 0 aromatic rings. The fourth-order valence-electron chi connectivity index (χ4n) is 6.34. The first-order valence-corrected chi connectivity index (χ1v) is 29.5. The van der Waals surface area contributed by atoms with E-state index in [0.717, 1.165) is 25.7 Å². The summed E-state index contributed by atoms with van der Waals surface area (Å²) >= 11 is -3.07. The molecule has 0 rings (SSSR count). The molecule has 0 heterocycles. The zero-order valence-electron chi connectivity index (χ0n) is 33.7. The zero-order chi connectivity index (χ0) is 36.6. The van der Waals surface area contributed by atoms with Crippen molar-refractivity contribution in [2.24, 2.45) is 0 Å². The van der Waals surface area contributed by atoms with Crippen molar-refractivity contribution >= 4 is 38.9 Å². The van der Waals surface area contributed by atoms with Gasteiger partial charge in [-0.1, -0.05) is 0 Å². The Kier molecular flexibility index (Phi) is 21.6. The molecule has 0 aliphatic heterocycles. The molecule has 9 heteroatoms. The topological polar surface area (TPSA) is 68.3 Å². The normalized spacial score (nSPS) is 13.9. The van der Waals surface area contributed by atoms with Crippen LogP contribution < -0.4 is 0 Å². The van der Waals surface area contributed by atoms with Gasteiger partial charge in [0.15, 0.2) is 0 Å². The summed E-state index contributed by atoms with van der Waals surface area (Å²) in [7, 11) is -2.22. The Balaban J connectivity index is 6.85. The van der Waals surface area contributed by atoms with Crippen LogP contribution >= 0.6 is 0 Å². The fourth-order valence-corrected chi connectivity index (χ4v) is 24.8. The third kappa shape index (κ3) is 15.7. The van der Waals surface area contributed by atoms with Gasteiger partial charge in [0.25, 0.3) is 0 Å². The summed E-state index contributed by atoms with van der Waals surface area (Å²) in [6.45, 7) is 34.2. The van der Waals surface area contributed by atoms with Crippen LogP contribution in [-0.4, -0.2) is 83.1 Å². The number of ether oxygens (including phenoxy) is 2. The van der Waals surface area contributed by atoms with Crippen LogP contribution in [-0.2, 0) is 13.9 Å². The molecule has 0 aliphatic rings. The number of carbonyl (C=O) groups is 2. The molecular formula is C38H76N2O5SiSn. The minimum atomic E-state index is -3.07. The maximum absolute atomic E-state index is 14.0. The second-order valence-corrected chi connectivity index (χ2v) is 34.9. The molecular weight excluding hydrogens is 711 g/mol. The second-order valence-electron chi connectivity index (χ2n) is 16.3. The molecule has 0 saturated heterocycles. The van der Waals surface area contributed by atoms with Crippen molar-refractivity contribution in [3.05, 3.63) is 0 Å². The van der Waals surface area contributed by atoms with Gasteiger partial charge in [0.1, 0.15) is 0 Å². The Morgan fingerprint density at radius 2 is 1.11 bits per heavy atom.